The van der Waals surface area contributed by atoms with Crippen LogP contribution in [0, 0.1) is 11.3 Å². The number of alkyl halides is 6. The third-order valence-corrected chi connectivity index (χ3v) is 5.28. The summed E-state index contributed by atoms with van der Waals surface area (Å²) in [6, 6.07) is 9.57. The average molecular weight is 584 g/mol. The Morgan fingerprint density at radius 2 is 1.70 bits per heavy atom. The van der Waals surface area contributed by atoms with E-state index in [1.54, 1.807) is 6.07 Å². The number of nitrogens with zero attached hydrogens (tertiary/aromatic N) is 4. The number of rotatable bonds is 6. The van der Waals surface area contributed by atoms with Crippen molar-refractivity contribution in [3.05, 3.63) is 97.5 Å². The number of ether oxygens (including phenoxy) is 2. The van der Waals surface area contributed by atoms with E-state index >= 15 is 0 Å². The van der Waals surface area contributed by atoms with Crippen molar-refractivity contribution in [3.63, 3.8) is 0 Å². The maximum absolute atomic E-state index is 13.6. The predicted octanol–water partition coefficient (Wildman–Crippen LogP) is 5.28. The minimum absolute atomic E-state index is 0.0351. The van der Waals surface area contributed by atoms with Crippen molar-refractivity contribution in [1.82, 2.24) is 19.5 Å². The molecule has 0 bridgehead atoms. The number of nitrogens with one attached hydrogen (secondary N) is 1. The number of aromatic amines is 1. The Bertz CT molecular complexity index is 1730. The number of halogens is 7. The molecule has 0 aliphatic heterocycles. The van der Waals surface area contributed by atoms with Crippen molar-refractivity contribution < 1.29 is 35.8 Å². The molecule has 4 rings (SSSR count). The van der Waals surface area contributed by atoms with Crippen molar-refractivity contribution in [2.75, 3.05) is 0 Å². The third-order valence-electron chi connectivity index (χ3n) is 5.06. The van der Waals surface area contributed by atoms with Gasteiger partial charge in [0.25, 0.3) is 11.1 Å². The van der Waals surface area contributed by atoms with E-state index in [2.05, 4.69) is 19.7 Å². The molecule has 2 heterocycles. The van der Waals surface area contributed by atoms with Gasteiger partial charge >= 0.3 is 12.5 Å². The van der Waals surface area contributed by atoms with E-state index in [0.717, 1.165) is 30.5 Å². The summed E-state index contributed by atoms with van der Waals surface area (Å²) in [5.41, 5.74) is -3.72. The summed E-state index contributed by atoms with van der Waals surface area (Å²) in [7, 11) is 0. The van der Waals surface area contributed by atoms with E-state index in [-0.39, 0.29) is 33.3 Å². The fourth-order valence-electron chi connectivity index (χ4n) is 3.36. The molecule has 0 unspecified atom stereocenters. The van der Waals surface area contributed by atoms with Crippen molar-refractivity contribution in [2.24, 2.45) is 0 Å². The first-order valence-corrected chi connectivity index (χ1v) is 11.1. The summed E-state index contributed by atoms with van der Waals surface area (Å²) in [6.07, 6.45) is -8.37. The first-order valence-electron chi connectivity index (χ1n) is 10.7. The van der Waals surface area contributed by atoms with Crippen LogP contribution in [0.5, 0.6) is 17.2 Å². The highest BCUT2D eigenvalue weighted by atomic mass is 35.5. The molecule has 9 nitrogen and oxygen atoms in total. The van der Waals surface area contributed by atoms with Crippen LogP contribution in [0.2, 0.25) is 5.02 Å². The van der Waals surface area contributed by atoms with Crippen LogP contribution < -0.4 is 20.6 Å². The lowest BCUT2D eigenvalue weighted by Crippen LogP contribution is -2.28. The van der Waals surface area contributed by atoms with Gasteiger partial charge in [-0.05, 0) is 42.5 Å². The molecule has 206 valence electrons. The van der Waals surface area contributed by atoms with Gasteiger partial charge in [0.2, 0.25) is 5.75 Å². The summed E-state index contributed by atoms with van der Waals surface area (Å²) < 4.78 is 87.4. The molecule has 2 aromatic heterocycles. The van der Waals surface area contributed by atoms with Crippen LogP contribution in [0.15, 0.2) is 64.6 Å². The molecule has 1 N–H and O–H groups in total. The van der Waals surface area contributed by atoms with E-state index in [9.17, 15) is 35.9 Å². The normalized spacial score (nSPS) is 11.7. The highest BCUT2D eigenvalue weighted by Crippen LogP contribution is 2.35. The molecular formula is C24H12ClF6N5O4. The van der Waals surface area contributed by atoms with Gasteiger partial charge in [-0.2, -0.15) is 18.4 Å². The SMILES string of the molecule is N#Cc1cc(Cl)cc(Oc2c(C(F)(F)F)ncn(Cc3cnc(-c4ccc(OC(F)(F)F)cc4)[nH]c3=O)c2=O)c1. The first-order chi connectivity index (χ1) is 18.7. The summed E-state index contributed by atoms with van der Waals surface area (Å²) in [5.74, 6) is -2.09. The fourth-order valence-corrected chi connectivity index (χ4v) is 3.58. The molecular weight excluding hydrogens is 572 g/mol. The molecule has 0 aliphatic rings. The maximum atomic E-state index is 13.6. The second-order valence-corrected chi connectivity index (χ2v) is 8.34. The van der Waals surface area contributed by atoms with Gasteiger partial charge in [-0.25, -0.2) is 9.97 Å². The quantitative estimate of drug-likeness (QED) is 0.307. The topological polar surface area (TPSA) is 123 Å². The molecule has 0 fully saturated rings. The van der Waals surface area contributed by atoms with E-state index in [0.29, 0.717) is 10.9 Å². The molecule has 0 aliphatic carbocycles. The Kier molecular flexibility index (Phi) is 7.56. The Morgan fingerprint density at radius 1 is 1.00 bits per heavy atom. The Labute approximate surface area is 223 Å². The number of hydrogen-bond donors (Lipinski definition) is 1. The molecule has 16 heteroatoms. The number of aromatic nitrogens is 4. The molecule has 0 radical (unpaired) electrons. The van der Waals surface area contributed by atoms with Gasteiger partial charge in [-0.15, -0.1) is 13.2 Å². The zero-order valence-electron chi connectivity index (χ0n) is 19.5. The van der Waals surface area contributed by atoms with Crippen LogP contribution in [0.1, 0.15) is 16.8 Å². The molecule has 0 atom stereocenters. The van der Waals surface area contributed by atoms with Crippen LogP contribution in [-0.2, 0) is 12.7 Å². The Balaban J connectivity index is 1.65. The second kappa shape index (κ2) is 10.7. The second-order valence-electron chi connectivity index (χ2n) is 7.90. The average Bonchev–Trinajstić information content (AvgIpc) is 2.86. The van der Waals surface area contributed by atoms with Crippen molar-refractivity contribution in [2.45, 2.75) is 19.1 Å². The molecule has 0 saturated heterocycles. The molecule has 0 saturated carbocycles. The predicted molar refractivity (Wildman–Crippen MR) is 126 cm³/mol. The zero-order valence-corrected chi connectivity index (χ0v) is 20.2. The molecule has 40 heavy (non-hydrogen) atoms. The number of nitriles is 1. The zero-order chi connectivity index (χ0) is 29.2. The van der Waals surface area contributed by atoms with E-state index in [1.807, 2.05) is 0 Å². The minimum Gasteiger partial charge on any atom is -0.449 e. The highest BCUT2D eigenvalue weighted by molar-refractivity contribution is 6.30. The van der Waals surface area contributed by atoms with Crippen LogP contribution in [0.4, 0.5) is 26.3 Å². The highest BCUT2D eigenvalue weighted by Gasteiger charge is 2.39. The maximum Gasteiger partial charge on any atom is 0.573 e. The molecule has 2 aromatic carbocycles. The number of benzene rings is 2. The van der Waals surface area contributed by atoms with Gasteiger partial charge in [-0.3, -0.25) is 14.2 Å². The van der Waals surface area contributed by atoms with Gasteiger partial charge in [0.05, 0.1) is 30.1 Å². The number of H-pyrrole nitrogens is 1. The summed E-state index contributed by atoms with van der Waals surface area (Å²) in [4.78, 5) is 35.3. The van der Waals surface area contributed by atoms with Gasteiger partial charge in [-0.1, -0.05) is 11.6 Å². The van der Waals surface area contributed by atoms with Crippen molar-refractivity contribution >= 4 is 11.6 Å². The van der Waals surface area contributed by atoms with E-state index in [1.165, 1.54) is 18.2 Å². The summed E-state index contributed by atoms with van der Waals surface area (Å²) in [6.45, 7) is -0.569. The van der Waals surface area contributed by atoms with E-state index < -0.39 is 47.4 Å². The van der Waals surface area contributed by atoms with Crippen LogP contribution >= 0.6 is 11.6 Å². The van der Waals surface area contributed by atoms with Crippen LogP contribution in [0.25, 0.3) is 11.4 Å². The standard InChI is InChI=1S/C24H12ClF6N5O4/c25-15-5-12(8-32)6-17(7-15)39-18-19(23(26,27)28)34-11-36(22(18)38)10-14-9-33-20(35-21(14)37)13-1-3-16(4-2-13)40-24(29,30)31/h1-7,9,11H,10H2,(H,33,35,37). The molecule has 4 aromatic rings. The Hall–Kier alpha value is -4.84. The first kappa shape index (κ1) is 28.2. The third kappa shape index (κ3) is 6.59. The smallest absolute Gasteiger partial charge is 0.449 e. The summed E-state index contributed by atoms with van der Waals surface area (Å²) >= 11 is 5.86. The minimum atomic E-state index is -5.09. The Morgan fingerprint density at radius 3 is 2.30 bits per heavy atom. The molecule has 0 amide bonds. The van der Waals surface area contributed by atoms with Crippen LogP contribution in [-0.4, -0.2) is 25.9 Å². The lowest BCUT2D eigenvalue weighted by molar-refractivity contribution is -0.274. The summed E-state index contributed by atoms with van der Waals surface area (Å²) in [5, 5.41) is 9.03. The van der Waals surface area contributed by atoms with Gasteiger partial charge < -0.3 is 14.5 Å². The van der Waals surface area contributed by atoms with Crippen LogP contribution in [0.3, 0.4) is 0 Å². The molecule has 0 spiro atoms. The lowest BCUT2D eigenvalue weighted by Gasteiger charge is -2.15. The van der Waals surface area contributed by atoms with Gasteiger partial charge in [0.1, 0.15) is 17.3 Å². The fraction of sp³-hybridized carbons (Fsp3) is 0.125. The van der Waals surface area contributed by atoms with Gasteiger partial charge in [0.15, 0.2) is 5.69 Å². The van der Waals surface area contributed by atoms with Crippen molar-refractivity contribution in [1.29, 1.82) is 5.26 Å². The lowest BCUT2D eigenvalue weighted by atomic mass is 10.2. The largest absolute Gasteiger partial charge is 0.573 e. The van der Waals surface area contributed by atoms with E-state index in [4.69, 9.17) is 21.6 Å². The monoisotopic (exact) mass is 583 g/mol. The number of hydrogen-bond acceptors (Lipinski definition) is 7. The van der Waals surface area contributed by atoms with Crippen molar-refractivity contribution in [3.8, 4) is 34.7 Å². The van der Waals surface area contributed by atoms with Gasteiger partial charge in [0, 0.05) is 16.8 Å².